The Morgan fingerprint density at radius 2 is 1.71 bits per heavy atom. The molecule has 234 valence electrons. The molecule has 0 aliphatic heterocycles. The van der Waals surface area contributed by atoms with Crippen LogP contribution in [0.2, 0.25) is 0 Å². The van der Waals surface area contributed by atoms with Crippen LogP contribution < -0.4 is 15.4 Å². The fraction of sp³-hybridized carbons (Fsp3) is 0.281. The number of nitrogens with one attached hydrogen (secondary N) is 2. The van der Waals surface area contributed by atoms with E-state index >= 15 is 0 Å². The van der Waals surface area contributed by atoms with E-state index in [1.54, 1.807) is 38.1 Å². The SMILES string of the molecule is CNC(=O)c1c(-c2ccc(C)cc2)oc2nc(CCC(F)(F)F)c(-c3ccc(OC)c(C(=O)NC(C)(C)c4ncon4)c3)cc12. The Hall–Kier alpha value is -5.20. The van der Waals surface area contributed by atoms with Crippen LogP contribution in [-0.2, 0) is 12.0 Å². The minimum atomic E-state index is -4.46. The number of aryl methyl sites for hydroxylation is 2. The molecule has 5 aromatic rings. The van der Waals surface area contributed by atoms with Gasteiger partial charge in [-0.15, -0.1) is 0 Å². The van der Waals surface area contributed by atoms with Gasteiger partial charge in [0.15, 0.2) is 5.82 Å². The van der Waals surface area contributed by atoms with Crippen LogP contribution in [0.25, 0.3) is 33.6 Å². The summed E-state index contributed by atoms with van der Waals surface area (Å²) in [6.07, 6.45) is -4.93. The molecule has 0 fully saturated rings. The van der Waals surface area contributed by atoms with Crippen LogP contribution in [0.15, 0.2) is 63.9 Å². The molecule has 5 rings (SSSR count). The smallest absolute Gasteiger partial charge is 0.389 e. The summed E-state index contributed by atoms with van der Waals surface area (Å²) in [5.41, 5.74) is 1.61. The number of carbonyl (C=O) groups excluding carboxylic acids is 2. The van der Waals surface area contributed by atoms with E-state index in [1.807, 2.05) is 19.1 Å². The number of amides is 2. The third-order valence-corrected chi connectivity index (χ3v) is 7.28. The molecular weight excluding hydrogens is 591 g/mol. The summed E-state index contributed by atoms with van der Waals surface area (Å²) in [5.74, 6) is -0.318. The summed E-state index contributed by atoms with van der Waals surface area (Å²) in [7, 11) is 2.86. The molecule has 0 aliphatic carbocycles. The lowest BCUT2D eigenvalue weighted by molar-refractivity contribution is -0.134. The number of hydrogen-bond donors (Lipinski definition) is 2. The minimum absolute atomic E-state index is 0.0124. The van der Waals surface area contributed by atoms with Crippen LogP contribution in [-0.4, -0.2) is 47.3 Å². The topological polar surface area (TPSA) is 132 Å². The van der Waals surface area contributed by atoms with Crippen LogP contribution in [0, 0.1) is 6.92 Å². The molecule has 2 amide bonds. The van der Waals surface area contributed by atoms with E-state index in [0.717, 1.165) is 12.0 Å². The first-order chi connectivity index (χ1) is 21.3. The molecule has 0 atom stereocenters. The van der Waals surface area contributed by atoms with E-state index < -0.39 is 36.4 Å². The average molecular weight is 622 g/mol. The van der Waals surface area contributed by atoms with Gasteiger partial charge in [0.1, 0.15) is 11.5 Å². The van der Waals surface area contributed by atoms with Crippen molar-refractivity contribution < 1.29 is 36.4 Å². The van der Waals surface area contributed by atoms with Crippen molar-refractivity contribution in [2.24, 2.45) is 0 Å². The highest BCUT2D eigenvalue weighted by Gasteiger charge is 2.31. The highest BCUT2D eigenvalue weighted by Crippen LogP contribution is 2.38. The minimum Gasteiger partial charge on any atom is -0.496 e. The Labute approximate surface area is 256 Å². The van der Waals surface area contributed by atoms with Crippen molar-refractivity contribution in [3.8, 4) is 28.2 Å². The second kappa shape index (κ2) is 12.1. The van der Waals surface area contributed by atoms with Gasteiger partial charge in [-0.2, -0.15) is 18.2 Å². The molecule has 0 saturated carbocycles. The first-order valence-corrected chi connectivity index (χ1v) is 13.9. The number of rotatable bonds is 9. The maximum absolute atomic E-state index is 13.5. The van der Waals surface area contributed by atoms with E-state index in [0.29, 0.717) is 22.1 Å². The summed E-state index contributed by atoms with van der Waals surface area (Å²) < 4.78 is 56.5. The molecule has 45 heavy (non-hydrogen) atoms. The number of furan rings is 1. The third kappa shape index (κ3) is 6.52. The van der Waals surface area contributed by atoms with Gasteiger partial charge in [0, 0.05) is 24.6 Å². The van der Waals surface area contributed by atoms with Crippen LogP contribution >= 0.6 is 0 Å². The van der Waals surface area contributed by atoms with Gasteiger partial charge >= 0.3 is 6.18 Å². The van der Waals surface area contributed by atoms with E-state index in [2.05, 4.69) is 25.8 Å². The predicted molar refractivity (Wildman–Crippen MR) is 159 cm³/mol. The molecule has 0 bridgehead atoms. The number of pyridine rings is 1. The lowest BCUT2D eigenvalue weighted by atomic mass is 9.95. The number of ether oxygens (including phenoxy) is 1. The quantitative estimate of drug-likeness (QED) is 0.194. The first kappa shape index (κ1) is 31.2. The highest BCUT2D eigenvalue weighted by atomic mass is 19.4. The molecule has 0 saturated heterocycles. The Kier molecular flexibility index (Phi) is 8.37. The molecule has 2 aromatic carbocycles. The van der Waals surface area contributed by atoms with Crippen molar-refractivity contribution in [2.45, 2.75) is 45.3 Å². The molecule has 13 heteroatoms. The largest absolute Gasteiger partial charge is 0.496 e. The van der Waals surface area contributed by atoms with Crippen molar-refractivity contribution in [1.82, 2.24) is 25.8 Å². The standard InChI is InChI=1S/C32H30F3N5O5/c1-17-6-8-18(9-7-17)26-25(28(42)36-4)22-15-20(23(38-29(22)45-26)12-13-32(33,34)35)19-10-11-24(43-5)21(14-19)27(41)39-31(2,3)30-37-16-44-40-30/h6-11,14-16H,12-13H2,1-5H3,(H,36,42)(H,39,41). The fourth-order valence-corrected chi connectivity index (χ4v) is 4.92. The van der Waals surface area contributed by atoms with Gasteiger partial charge in [0.05, 0.1) is 34.9 Å². The molecule has 0 aliphatic rings. The van der Waals surface area contributed by atoms with Gasteiger partial charge < -0.3 is 24.3 Å². The monoisotopic (exact) mass is 621 g/mol. The highest BCUT2D eigenvalue weighted by molar-refractivity contribution is 6.11. The van der Waals surface area contributed by atoms with Crippen molar-refractivity contribution >= 4 is 22.9 Å². The van der Waals surface area contributed by atoms with Crippen molar-refractivity contribution in [1.29, 1.82) is 0 Å². The van der Waals surface area contributed by atoms with E-state index in [9.17, 15) is 22.8 Å². The van der Waals surface area contributed by atoms with Crippen molar-refractivity contribution in [3.05, 3.63) is 83.1 Å². The van der Waals surface area contributed by atoms with Crippen molar-refractivity contribution in [2.75, 3.05) is 14.2 Å². The van der Waals surface area contributed by atoms with Gasteiger partial charge in [0.25, 0.3) is 11.8 Å². The van der Waals surface area contributed by atoms with E-state index in [1.165, 1.54) is 26.3 Å². The van der Waals surface area contributed by atoms with Gasteiger partial charge in [0.2, 0.25) is 12.1 Å². The summed E-state index contributed by atoms with van der Waals surface area (Å²) in [6, 6.07) is 13.5. The molecule has 0 spiro atoms. The van der Waals surface area contributed by atoms with E-state index in [4.69, 9.17) is 13.7 Å². The number of alkyl halides is 3. The second-order valence-electron chi connectivity index (χ2n) is 11.0. The molecule has 3 heterocycles. The van der Waals surface area contributed by atoms with Crippen LogP contribution in [0.4, 0.5) is 13.2 Å². The first-order valence-electron chi connectivity index (χ1n) is 13.9. The number of benzene rings is 2. The lowest BCUT2D eigenvalue weighted by Crippen LogP contribution is -2.42. The predicted octanol–water partition coefficient (Wildman–Crippen LogP) is 6.38. The second-order valence-corrected chi connectivity index (χ2v) is 11.0. The zero-order valence-electron chi connectivity index (χ0n) is 25.1. The van der Waals surface area contributed by atoms with Crippen molar-refractivity contribution in [3.63, 3.8) is 0 Å². The molecule has 10 nitrogen and oxygen atoms in total. The number of nitrogens with zero attached hydrogens (tertiary/aromatic N) is 3. The Morgan fingerprint density at radius 3 is 2.33 bits per heavy atom. The van der Waals surface area contributed by atoms with Gasteiger partial charge in [-0.25, -0.2) is 4.98 Å². The molecule has 0 radical (unpaired) electrons. The third-order valence-electron chi connectivity index (χ3n) is 7.28. The molecular formula is C32H30F3N5O5. The number of aromatic nitrogens is 3. The normalized spacial score (nSPS) is 11.9. The molecule has 2 N–H and O–H groups in total. The Bertz CT molecular complexity index is 1860. The van der Waals surface area contributed by atoms with Crippen LogP contribution in [0.3, 0.4) is 0 Å². The maximum atomic E-state index is 13.5. The molecule has 3 aromatic heterocycles. The van der Waals surface area contributed by atoms with E-state index in [-0.39, 0.29) is 39.9 Å². The summed E-state index contributed by atoms with van der Waals surface area (Å²) >= 11 is 0. The summed E-state index contributed by atoms with van der Waals surface area (Å²) in [6.45, 7) is 5.28. The number of hydrogen-bond acceptors (Lipinski definition) is 8. The summed E-state index contributed by atoms with van der Waals surface area (Å²) in [5, 5.41) is 9.56. The Balaban J connectivity index is 1.68. The number of fused-ring (bicyclic) bond motifs is 1. The van der Waals surface area contributed by atoms with Gasteiger partial charge in [-0.05, 0) is 51.0 Å². The Morgan fingerprint density at radius 1 is 1.00 bits per heavy atom. The number of halogens is 3. The van der Waals surface area contributed by atoms with Crippen LogP contribution in [0.5, 0.6) is 5.75 Å². The fourth-order valence-electron chi connectivity index (χ4n) is 4.92. The maximum Gasteiger partial charge on any atom is 0.389 e. The lowest BCUT2D eigenvalue weighted by Gasteiger charge is -2.23. The average Bonchev–Trinajstić information content (AvgIpc) is 3.68. The number of methoxy groups -OCH3 is 1. The molecule has 0 unspecified atom stereocenters. The number of carbonyl (C=O) groups is 2. The van der Waals surface area contributed by atoms with Gasteiger partial charge in [-0.1, -0.05) is 41.1 Å². The zero-order chi connectivity index (χ0) is 32.5. The summed E-state index contributed by atoms with van der Waals surface area (Å²) in [4.78, 5) is 35.2. The van der Waals surface area contributed by atoms with Crippen LogP contribution in [0.1, 0.15) is 58.1 Å². The zero-order valence-corrected chi connectivity index (χ0v) is 25.1. The van der Waals surface area contributed by atoms with Gasteiger partial charge in [-0.3, -0.25) is 9.59 Å².